The van der Waals surface area contributed by atoms with E-state index in [9.17, 15) is 26.4 Å². The van der Waals surface area contributed by atoms with E-state index in [1.807, 2.05) is 39.2 Å². The zero-order chi connectivity index (χ0) is 28.6. The molecule has 1 aromatic carbocycles. The van der Waals surface area contributed by atoms with Crippen LogP contribution in [0.25, 0.3) is 0 Å². The van der Waals surface area contributed by atoms with E-state index in [0.717, 1.165) is 23.9 Å². The molecule has 0 unspecified atom stereocenters. The van der Waals surface area contributed by atoms with Gasteiger partial charge in [0.1, 0.15) is 0 Å². The molecule has 0 bridgehead atoms. The molecule has 2 amide bonds. The third-order valence-electron chi connectivity index (χ3n) is 8.20. The Kier molecular flexibility index (Phi) is 7.87. The van der Waals surface area contributed by atoms with Gasteiger partial charge in [-0.3, -0.25) is 9.80 Å². The predicted molar refractivity (Wildman–Crippen MR) is 143 cm³/mol. The summed E-state index contributed by atoms with van der Waals surface area (Å²) < 4.78 is 66.1. The number of benzene rings is 1. The average molecular weight is 569 g/mol. The van der Waals surface area contributed by atoms with Gasteiger partial charge in [-0.05, 0) is 50.8 Å². The van der Waals surface area contributed by atoms with Crippen molar-refractivity contribution in [2.24, 2.45) is 11.1 Å². The Bertz CT molecular complexity index is 1280. The Hall–Kier alpha value is -2.93. The van der Waals surface area contributed by atoms with Crippen molar-refractivity contribution in [3.05, 3.63) is 47.8 Å². The second-order valence-corrected chi connectivity index (χ2v) is 13.4. The van der Waals surface area contributed by atoms with Crippen LogP contribution in [0.3, 0.4) is 0 Å². The maximum atomic E-state index is 14.2. The number of nitrogens with zero attached hydrogens (tertiary/aromatic N) is 5. The van der Waals surface area contributed by atoms with Gasteiger partial charge >= 0.3 is 12.2 Å². The molecule has 9 nitrogen and oxygen atoms in total. The summed E-state index contributed by atoms with van der Waals surface area (Å²) in [6.07, 6.45) is -1.08. The lowest BCUT2D eigenvalue weighted by Gasteiger charge is -2.50. The quantitative estimate of drug-likeness (QED) is 0.566. The summed E-state index contributed by atoms with van der Waals surface area (Å²) in [5.41, 5.74) is 4.33. The maximum absolute atomic E-state index is 14.2. The molecule has 214 valence electrons. The van der Waals surface area contributed by atoms with Crippen molar-refractivity contribution >= 4 is 27.5 Å². The normalized spacial score (nSPS) is 25.5. The number of hydrogen-bond acceptors (Lipinski definition) is 7. The van der Waals surface area contributed by atoms with E-state index in [-0.39, 0.29) is 42.6 Å². The fourth-order valence-corrected chi connectivity index (χ4v) is 6.87. The van der Waals surface area contributed by atoms with Crippen LogP contribution in [0.1, 0.15) is 43.9 Å². The largest absolute Gasteiger partial charge is 0.435 e. The second-order valence-electron chi connectivity index (χ2n) is 11.1. The zero-order valence-electron chi connectivity index (χ0n) is 22.4. The molecule has 1 saturated heterocycles. The highest BCUT2D eigenvalue weighted by atomic mass is 32.2. The Morgan fingerprint density at radius 2 is 1.67 bits per heavy atom. The van der Waals surface area contributed by atoms with Crippen LogP contribution < -0.4 is 15.5 Å². The van der Waals surface area contributed by atoms with Crippen molar-refractivity contribution in [3.8, 4) is 0 Å². The summed E-state index contributed by atoms with van der Waals surface area (Å²) in [6.45, 7) is 1.93. The third kappa shape index (κ3) is 6.13. The standard InChI is InChI=1S/C26H35F3N6O3S/c1-24(9-11-25(12-10-24,33(2)3)19-7-5-4-6-8-19)18-35(22(30)36)20-17-31-23(32-21(20)26(27,28)29)34-13-15-39(37,38)16-14-34/h4-8,17H,9-16,18H2,1-3H3,(H2,30,36). The number of halogens is 3. The molecular formula is C26H35F3N6O3S. The van der Waals surface area contributed by atoms with Crippen LogP contribution in [0.4, 0.5) is 29.6 Å². The van der Waals surface area contributed by atoms with Crippen molar-refractivity contribution in [2.75, 3.05) is 55.0 Å². The highest BCUT2D eigenvalue weighted by molar-refractivity contribution is 7.91. The van der Waals surface area contributed by atoms with Crippen LogP contribution in [-0.4, -0.2) is 74.6 Å². The van der Waals surface area contributed by atoms with Crippen LogP contribution in [0.15, 0.2) is 36.5 Å². The number of nitrogens with two attached hydrogens (primary N) is 1. The Morgan fingerprint density at radius 3 is 2.18 bits per heavy atom. The van der Waals surface area contributed by atoms with E-state index in [2.05, 4.69) is 27.0 Å². The molecule has 0 radical (unpaired) electrons. The molecule has 2 aromatic rings. The van der Waals surface area contributed by atoms with E-state index in [4.69, 9.17) is 5.73 Å². The lowest BCUT2D eigenvalue weighted by molar-refractivity contribution is -0.140. The van der Waals surface area contributed by atoms with Crippen LogP contribution in [0, 0.1) is 5.41 Å². The minimum atomic E-state index is -4.89. The molecule has 2 N–H and O–H groups in total. The predicted octanol–water partition coefficient (Wildman–Crippen LogP) is 3.65. The van der Waals surface area contributed by atoms with Crippen molar-refractivity contribution in [1.82, 2.24) is 14.9 Å². The molecular weight excluding hydrogens is 533 g/mol. The SMILES string of the molecule is CN(C)C1(c2ccccc2)CCC(C)(CN(C(N)=O)c2cnc(N3CCS(=O)(=O)CC3)nc2C(F)(F)F)CC1. The highest BCUT2D eigenvalue weighted by Crippen LogP contribution is 2.49. The number of sulfone groups is 1. The molecule has 2 aliphatic rings. The average Bonchev–Trinajstić information content (AvgIpc) is 2.87. The maximum Gasteiger partial charge on any atom is 0.435 e. The van der Waals surface area contributed by atoms with E-state index in [1.54, 1.807) is 0 Å². The second kappa shape index (κ2) is 10.6. The molecule has 1 aliphatic carbocycles. The fourth-order valence-electron chi connectivity index (χ4n) is 5.67. The molecule has 0 atom stereocenters. The number of anilines is 2. The first-order chi connectivity index (χ1) is 18.2. The minimum absolute atomic E-state index is 0.00831. The van der Waals surface area contributed by atoms with Gasteiger partial charge in [-0.2, -0.15) is 13.2 Å². The van der Waals surface area contributed by atoms with Crippen LogP contribution >= 0.6 is 0 Å². The van der Waals surface area contributed by atoms with Gasteiger partial charge in [0.05, 0.1) is 23.4 Å². The number of alkyl halides is 3. The molecule has 1 aliphatic heterocycles. The lowest BCUT2D eigenvalue weighted by Crippen LogP contribution is -2.50. The van der Waals surface area contributed by atoms with Crippen molar-refractivity contribution in [3.63, 3.8) is 0 Å². The third-order valence-corrected chi connectivity index (χ3v) is 9.81. The van der Waals surface area contributed by atoms with Crippen molar-refractivity contribution in [2.45, 2.75) is 44.3 Å². The molecule has 1 saturated carbocycles. The summed E-state index contributed by atoms with van der Waals surface area (Å²) >= 11 is 0. The van der Waals surface area contributed by atoms with Crippen molar-refractivity contribution < 1.29 is 26.4 Å². The van der Waals surface area contributed by atoms with Crippen molar-refractivity contribution in [1.29, 1.82) is 0 Å². The number of carbonyl (C=O) groups is 1. The summed E-state index contributed by atoms with van der Waals surface area (Å²) in [4.78, 5) is 24.9. The number of rotatable bonds is 6. The Balaban J connectivity index is 1.60. The topological polar surface area (TPSA) is 113 Å². The van der Waals surface area contributed by atoms with Gasteiger partial charge in [-0.1, -0.05) is 37.3 Å². The highest BCUT2D eigenvalue weighted by Gasteiger charge is 2.45. The number of aromatic nitrogens is 2. The molecule has 13 heteroatoms. The van der Waals surface area contributed by atoms with Crippen LogP contribution in [0.5, 0.6) is 0 Å². The van der Waals surface area contributed by atoms with E-state index in [1.165, 1.54) is 10.5 Å². The first kappa shape index (κ1) is 29.1. The van der Waals surface area contributed by atoms with E-state index < -0.39 is 38.8 Å². The molecule has 39 heavy (non-hydrogen) atoms. The zero-order valence-corrected chi connectivity index (χ0v) is 23.2. The smallest absolute Gasteiger partial charge is 0.351 e. The summed E-state index contributed by atoms with van der Waals surface area (Å²) in [6, 6.07) is 9.11. The molecule has 0 spiro atoms. The van der Waals surface area contributed by atoms with Gasteiger partial charge < -0.3 is 10.6 Å². The van der Waals surface area contributed by atoms with Gasteiger partial charge in [0, 0.05) is 25.2 Å². The van der Waals surface area contributed by atoms with Gasteiger partial charge in [-0.25, -0.2) is 23.2 Å². The monoisotopic (exact) mass is 568 g/mol. The number of amides is 2. The first-order valence-corrected chi connectivity index (χ1v) is 14.7. The van der Waals surface area contributed by atoms with E-state index >= 15 is 0 Å². The molecule has 2 fully saturated rings. The fraction of sp³-hybridized carbons (Fsp3) is 0.577. The van der Waals surface area contributed by atoms with Gasteiger partial charge in [0.25, 0.3) is 0 Å². The Labute approximate surface area is 227 Å². The minimum Gasteiger partial charge on any atom is -0.351 e. The summed E-state index contributed by atoms with van der Waals surface area (Å²) in [5.74, 6) is -0.612. The number of primary amides is 1. The van der Waals surface area contributed by atoms with Gasteiger partial charge in [0.2, 0.25) is 5.95 Å². The van der Waals surface area contributed by atoms with E-state index in [0.29, 0.717) is 12.8 Å². The van der Waals surface area contributed by atoms with Crippen LogP contribution in [0.2, 0.25) is 0 Å². The Morgan fingerprint density at radius 1 is 1.08 bits per heavy atom. The van der Waals surface area contributed by atoms with Gasteiger partial charge in [-0.15, -0.1) is 0 Å². The molecule has 4 rings (SSSR count). The molecule has 2 heterocycles. The number of carbonyl (C=O) groups excluding carboxylic acids is 1. The summed E-state index contributed by atoms with van der Waals surface area (Å²) in [7, 11) is 0.809. The first-order valence-electron chi connectivity index (χ1n) is 12.9. The van der Waals surface area contributed by atoms with Crippen LogP contribution in [-0.2, 0) is 21.6 Å². The summed E-state index contributed by atoms with van der Waals surface area (Å²) in [5, 5.41) is 0. The number of urea groups is 1. The lowest BCUT2D eigenvalue weighted by atomic mass is 9.65. The molecule has 1 aromatic heterocycles. The van der Waals surface area contributed by atoms with Gasteiger partial charge in [0.15, 0.2) is 15.5 Å². The number of hydrogen-bond donors (Lipinski definition) is 1.